The van der Waals surface area contributed by atoms with Crippen molar-refractivity contribution in [3.8, 4) is 0 Å². The Kier molecular flexibility index (Phi) is 2.02. The lowest BCUT2D eigenvalue weighted by Crippen LogP contribution is -2.56. The van der Waals surface area contributed by atoms with Crippen LogP contribution in [0.5, 0.6) is 0 Å². The van der Waals surface area contributed by atoms with Crippen LogP contribution in [0.2, 0.25) is 0 Å². The Morgan fingerprint density at radius 2 is 2.43 bits per heavy atom. The number of hydrogen-bond acceptors (Lipinski definition) is 3. The average molecular weight is 194 g/mol. The summed E-state index contributed by atoms with van der Waals surface area (Å²) in [5.74, 6) is -0.0234. The molecular weight excluding hydrogens is 180 g/mol. The molecule has 1 aliphatic heterocycles. The average Bonchev–Trinajstić information content (AvgIpc) is 2.64. The van der Waals surface area contributed by atoms with E-state index in [9.17, 15) is 4.79 Å². The molecule has 1 fully saturated rings. The predicted octanol–water partition coefficient (Wildman–Crippen LogP) is 0.677. The quantitative estimate of drug-likeness (QED) is 0.753. The first-order chi connectivity index (χ1) is 6.64. The van der Waals surface area contributed by atoms with Crippen molar-refractivity contribution in [1.29, 1.82) is 0 Å². The fraction of sp³-hybridized carbons (Fsp3) is 0.667. The highest BCUT2D eigenvalue weighted by Gasteiger charge is 2.40. The zero-order valence-corrected chi connectivity index (χ0v) is 8.45. The molecule has 0 aliphatic carbocycles. The molecule has 1 aromatic rings. The topological polar surface area (TPSA) is 61.9 Å². The number of nitrogens with one attached hydrogen (secondary N) is 1. The fourth-order valence-corrected chi connectivity index (χ4v) is 1.71. The molecule has 0 saturated carbocycles. The molecule has 2 rings (SSSR count). The summed E-state index contributed by atoms with van der Waals surface area (Å²) < 4.78 is 0. The maximum Gasteiger partial charge on any atom is 0.276 e. The molecule has 5 nitrogen and oxygen atoms in total. The molecule has 1 aromatic heterocycles. The van der Waals surface area contributed by atoms with Gasteiger partial charge in [-0.15, -0.1) is 0 Å². The number of hydrogen-bond donors (Lipinski definition) is 1. The molecule has 76 valence electrons. The molecule has 1 N–H and O–H groups in total. The lowest BCUT2D eigenvalue weighted by atomic mass is 9.79. The molecule has 0 bridgehead atoms. The Morgan fingerprint density at radius 3 is 2.93 bits per heavy atom. The van der Waals surface area contributed by atoms with Gasteiger partial charge in [0.05, 0.1) is 6.20 Å². The van der Waals surface area contributed by atoms with Crippen LogP contribution in [-0.4, -0.2) is 39.3 Å². The zero-order valence-electron chi connectivity index (χ0n) is 8.45. The number of nitrogens with zero attached hydrogens (tertiary/aromatic N) is 3. The van der Waals surface area contributed by atoms with E-state index in [4.69, 9.17) is 0 Å². The maximum absolute atomic E-state index is 11.7. The second kappa shape index (κ2) is 3.08. The summed E-state index contributed by atoms with van der Waals surface area (Å²) in [5.41, 5.74) is 0.711. The molecule has 0 spiro atoms. The van der Waals surface area contributed by atoms with Crippen LogP contribution in [0.1, 0.15) is 30.8 Å². The lowest BCUT2D eigenvalue weighted by molar-refractivity contribution is 0.0129. The Labute approximate surface area is 82.5 Å². The summed E-state index contributed by atoms with van der Waals surface area (Å²) in [7, 11) is 0. The van der Waals surface area contributed by atoms with Crippen LogP contribution in [0.25, 0.3) is 0 Å². The van der Waals surface area contributed by atoms with Gasteiger partial charge < -0.3 is 4.90 Å². The second-order valence-corrected chi connectivity index (χ2v) is 4.18. The third-order valence-corrected chi connectivity index (χ3v) is 2.92. The molecule has 1 saturated heterocycles. The van der Waals surface area contributed by atoms with Crippen molar-refractivity contribution < 1.29 is 4.79 Å². The van der Waals surface area contributed by atoms with Gasteiger partial charge in [-0.2, -0.15) is 15.4 Å². The SMILES string of the molecule is CCC1(C)CN(C(=O)c2cn[nH]n2)C1. The number of aromatic nitrogens is 3. The molecule has 1 amide bonds. The number of carbonyl (C=O) groups excluding carboxylic acids is 1. The van der Waals surface area contributed by atoms with Gasteiger partial charge in [0.1, 0.15) is 0 Å². The Morgan fingerprint density at radius 1 is 1.71 bits per heavy atom. The molecular formula is C9H14N4O. The van der Waals surface area contributed by atoms with Crippen molar-refractivity contribution in [2.24, 2.45) is 5.41 Å². The first-order valence-electron chi connectivity index (χ1n) is 4.80. The van der Waals surface area contributed by atoms with Crippen LogP contribution < -0.4 is 0 Å². The van der Waals surface area contributed by atoms with Crippen molar-refractivity contribution in [2.45, 2.75) is 20.3 Å². The van der Waals surface area contributed by atoms with E-state index in [0.717, 1.165) is 19.5 Å². The largest absolute Gasteiger partial charge is 0.336 e. The molecule has 0 atom stereocenters. The van der Waals surface area contributed by atoms with Crippen LogP contribution in [0.4, 0.5) is 0 Å². The van der Waals surface area contributed by atoms with Crippen molar-refractivity contribution in [3.63, 3.8) is 0 Å². The number of likely N-dealkylation sites (tertiary alicyclic amines) is 1. The zero-order chi connectivity index (χ0) is 10.2. The van der Waals surface area contributed by atoms with Gasteiger partial charge in [0.15, 0.2) is 5.69 Å². The summed E-state index contributed by atoms with van der Waals surface area (Å²) in [6, 6.07) is 0. The number of amides is 1. The number of H-pyrrole nitrogens is 1. The van der Waals surface area contributed by atoms with Crippen LogP contribution >= 0.6 is 0 Å². The monoisotopic (exact) mass is 194 g/mol. The van der Waals surface area contributed by atoms with Crippen molar-refractivity contribution >= 4 is 5.91 Å². The normalized spacial score (nSPS) is 19.1. The smallest absolute Gasteiger partial charge is 0.276 e. The molecule has 0 radical (unpaired) electrons. The van der Waals surface area contributed by atoms with E-state index in [2.05, 4.69) is 29.3 Å². The molecule has 1 aliphatic rings. The van der Waals surface area contributed by atoms with Gasteiger partial charge in [-0.25, -0.2) is 0 Å². The summed E-state index contributed by atoms with van der Waals surface area (Å²) in [6.45, 7) is 6.00. The lowest BCUT2D eigenvalue weighted by Gasteiger charge is -2.47. The number of rotatable bonds is 2. The maximum atomic E-state index is 11.7. The Balaban J connectivity index is 1.98. The summed E-state index contributed by atoms with van der Waals surface area (Å²) in [6.07, 6.45) is 2.57. The van der Waals surface area contributed by atoms with E-state index in [0.29, 0.717) is 11.1 Å². The Bertz CT molecular complexity index is 327. The van der Waals surface area contributed by atoms with Crippen LogP contribution in [-0.2, 0) is 0 Å². The minimum absolute atomic E-state index is 0.0234. The van der Waals surface area contributed by atoms with Crippen molar-refractivity contribution in [3.05, 3.63) is 11.9 Å². The molecule has 2 heterocycles. The van der Waals surface area contributed by atoms with E-state index < -0.39 is 0 Å². The summed E-state index contributed by atoms with van der Waals surface area (Å²) in [5, 5.41) is 9.82. The predicted molar refractivity (Wildman–Crippen MR) is 50.7 cm³/mol. The highest BCUT2D eigenvalue weighted by molar-refractivity contribution is 5.92. The summed E-state index contributed by atoms with van der Waals surface area (Å²) >= 11 is 0. The standard InChI is InChI=1S/C9H14N4O/c1-3-9(2)5-13(6-9)8(14)7-4-10-12-11-7/h4H,3,5-6H2,1-2H3,(H,10,11,12). The Hall–Kier alpha value is -1.39. The molecule has 14 heavy (non-hydrogen) atoms. The second-order valence-electron chi connectivity index (χ2n) is 4.18. The van der Waals surface area contributed by atoms with Gasteiger partial charge in [-0.1, -0.05) is 13.8 Å². The van der Waals surface area contributed by atoms with E-state index in [1.54, 1.807) is 4.90 Å². The third kappa shape index (κ3) is 1.38. The van der Waals surface area contributed by atoms with Crippen LogP contribution in [0.15, 0.2) is 6.20 Å². The molecule has 0 unspecified atom stereocenters. The van der Waals surface area contributed by atoms with E-state index >= 15 is 0 Å². The molecule has 0 aromatic carbocycles. The van der Waals surface area contributed by atoms with E-state index in [1.807, 2.05) is 0 Å². The minimum Gasteiger partial charge on any atom is -0.336 e. The first-order valence-corrected chi connectivity index (χ1v) is 4.80. The van der Waals surface area contributed by atoms with Crippen LogP contribution in [0, 0.1) is 5.41 Å². The summed E-state index contributed by atoms with van der Waals surface area (Å²) in [4.78, 5) is 13.5. The van der Waals surface area contributed by atoms with Crippen LogP contribution in [0.3, 0.4) is 0 Å². The van der Waals surface area contributed by atoms with Gasteiger partial charge in [-0.3, -0.25) is 4.79 Å². The van der Waals surface area contributed by atoms with Gasteiger partial charge in [0.25, 0.3) is 5.91 Å². The number of carbonyl (C=O) groups is 1. The molecule has 5 heteroatoms. The highest BCUT2D eigenvalue weighted by Crippen LogP contribution is 2.33. The highest BCUT2D eigenvalue weighted by atomic mass is 16.2. The van der Waals surface area contributed by atoms with Crippen molar-refractivity contribution in [1.82, 2.24) is 20.3 Å². The van der Waals surface area contributed by atoms with Gasteiger partial charge in [0.2, 0.25) is 0 Å². The third-order valence-electron chi connectivity index (χ3n) is 2.92. The first kappa shape index (κ1) is 9.18. The van der Waals surface area contributed by atoms with E-state index in [-0.39, 0.29) is 5.91 Å². The van der Waals surface area contributed by atoms with E-state index in [1.165, 1.54) is 6.20 Å². The fourth-order valence-electron chi connectivity index (χ4n) is 1.71. The van der Waals surface area contributed by atoms with Gasteiger partial charge >= 0.3 is 0 Å². The minimum atomic E-state index is -0.0234. The van der Waals surface area contributed by atoms with Crippen molar-refractivity contribution in [2.75, 3.05) is 13.1 Å². The number of aromatic amines is 1. The van der Waals surface area contributed by atoms with Gasteiger partial charge in [-0.05, 0) is 6.42 Å². The van der Waals surface area contributed by atoms with Gasteiger partial charge in [0, 0.05) is 18.5 Å².